The number of ether oxygens (including phenoxy) is 1. The molecule has 0 aromatic carbocycles. The molecule has 0 amide bonds. The summed E-state index contributed by atoms with van der Waals surface area (Å²) in [4.78, 5) is 24.0. The zero-order valence-electron chi connectivity index (χ0n) is 22.5. The molecular weight excluding hydrogens is 428 g/mol. The molecule has 0 rings (SSSR count). The Bertz CT molecular complexity index is 465. The highest BCUT2D eigenvalue weighted by atomic mass is 16.6. The van der Waals surface area contributed by atoms with Crippen molar-refractivity contribution in [2.24, 2.45) is 0 Å². The highest BCUT2D eigenvalue weighted by Crippen LogP contribution is 2.15. The van der Waals surface area contributed by atoms with Crippen LogP contribution in [0.4, 0.5) is 0 Å². The smallest absolute Gasteiger partial charge is 0.306 e. The van der Waals surface area contributed by atoms with Gasteiger partial charge in [-0.2, -0.15) is 0 Å². The predicted molar refractivity (Wildman–Crippen MR) is 141 cm³/mol. The zero-order chi connectivity index (χ0) is 25.3. The van der Waals surface area contributed by atoms with Crippen molar-refractivity contribution >= 4 is 11.8 Å². The van der Waals surface area contributed by atoms with Gasteiger partial charge in [-0.25, -0.2) is 0 Å². The minimum Gasteiger partial charge on any atom is -0.457 e. The third kappa shape index (κ3) is 20.4. The minimum absolute atomic E-state index is 0.252. The fourth-order valence-corrected chi connectivity index (χ4v) is 4.33. The number of carbonyl (C=O) groups is 2. The van der Waals surface area contributed by atoms with Gasteiger partial charge in [0, 0.05) is 12.8 Å². The third-order valence-corrected chi connectivity index (χ3v) is 6.66. The van der Waals surface area contributed by atoms with Crippen LogP contribution >= 0.6 is 0 Å². The Kier molecular flexibility index (Phi) is 24.5. The van der Waals surface area contributed by atoms with Gasteiger partial charge in [-0.15, -0.1) is 0 Å². The molecule has 0 heterocycles. The molecule has 2 atom stereocenters. The van der Waals surface area contributed by atoms with Crippen LogP contribution < -0.4 is 0 Å². The molecular formula is C29H56O5. The van der Waals surface area contributed by atoms with Gasteiger partial charge in [0.1, 0.15) is 0 Å². The maximum Gasteiger partial charge on any atom is 0.306 e. The molecule has 0 spiro atoms. The van der Waals surface area contributed by atoms with Crippen LogP contribution in [0, 0.1) is 0 Å². The molecule has 34 heavy (non-hydrogen) atoms. The van der Waals surface area contributed by atoms with E-state index in [1.54, 1.807) is 0 Å². The summed E-state index contributed by atoms with van der Waals surface area (Å²) in [7, 11) is 0. The molecule has 5 nitrogen and oxygen atoms in total. The number of hydrogen-bond donors (Lipinski definition) is 2. The number of carbonyl (C=O) groups excluding carboxylic acids is 2. The highest BCUT2D eigenvalue weighted by molar-refractivity contribution is 5.83. The van der Waals surface area contributed by atoms with E-state index >= 15 is 0 Å². The number of aliphatic hydroxyl groups is 2. The van der Waals surface area contributed by atoms with Gasteiger partial charge in [-0.1, -0.05) is 129 Å². The van der Waals surface area contributed by atoms with Crippen LogP contribution in [-0.4, -0.2) is 40.8 Å². The molecule has 0 aromatic heterocycles. The van der Waals surface area contributed by atoms with Gasteiger partial charge in [0.15, 0.2) is 18.0 Å². The average Bonchev–Trinajstić information content (AvgIpc) is 2.84. The largest absolute Gasteiger partial charge is 0.457 e. The van der Waals surface area contributed by atoms with Crippen molar-refractivity contribution in [2.75, 3.05) is 6.61 Å². The van der Waals surface area contributed by atoms with Gasteiger partial charge in [0.2, 0.25) is 0 Å². The van der Waals surface area contributed by atoms with Crippen molar-refractivity contribution in [3.8, 4) is 0 Å². The minimum atomic E-state index is -1.43. The van der Waals surface area contributed by atoms with Crippen molar-refractivity contribution in [1.29, 1.82) is 0 Å². The lowest BCUT2D eigenvalue weighted by Gasteiger charge is -2.20. The molecule has 0 aromatic rings. The Morgan fingerprint density at radius 2 is 0.941 bits per heavy atom. The van der Waals surface area contributed by atoms with Crippen molar-refractivity contribution in [2.45, 2.75) is 167 Å². The van der Waals surface area contributed by atoms with E-state index in [-0.39, 0.29) is 18.6 Å². The van der Waals surface area contributed by atoms with Gasteiger partial charge in [-0.3, -0.25) is 9.59 Å². The van der Waals surface area contributed by atoms with Gasteiger partial charge >= 0.3 is 5.97 Å². The second kappa shape index (κ2) is 25.2. The van der Waals surface area contributed by atoms with Crippen molar-refractivity contribution in [3.05, 3.63) is 0 Å². The van der Waals surface area contributed by atoms with E-state index in [4.69, 9.17) is 4.74 Å². The van der Waals surface area contributed by atoms with E-state index in [0.717, 1.165) is 32.1 Å². The lowest BCUT2D eigenvalue weighted by atomic mass is 10.0. The zero-order valence-corrected chi connectivity index (χ0v) is 22.5. The van der Waals surface area contributed by atoms with Crippen molar-refractivity contribution in [1.82, 2.24) is 0 Å². The van der Waals surface area contributed by atoms with Gasteiger partial charge in [0.05, 0.1) is 6.61 Å². The molecule has 0 fully saturated rings. The maximum absolute atomic E-state index is 12.0. The fraction of sp³-hybridized carbons (Fsp3) is 0.931. The standard InChI is InChI=1S/C29H56O5/c1-3-5-7-8-9-10-11-12-13-14-15-16-17-18-19-20-22-24-28(32)34-27(25-30)29(33)26(31)23-21-6-4-2/h27,29-30,33H,3-25H2,1-2H3. The molecule has 0 radical (unpaired) electrons. The molecule has 0 aliphatic heterocycles. The number of aliphatic hydroxyl groups excluding tert-OH is 2. The summed E-state index contributed by atoms with van der Waals surface area (Å²) in [5.74, 6) is -0.807. The first-order chi connectivity index (χ1) is 16.6. The third-order valence-electron chi connectivity index (χ3n) is 6.66. The Labute approximate surface area is 210 Å². The first-order valence-electron chi connectivity index (χ1n) is 14.6. The van der Waals surface area contributed by atoms with E-state index in [2.05, 4.69) is 6.92 Å². The molecule has 0 aliphatic carbocycles. The van der Waals surface area contributed by atoms with Crippen LogP contribution in [0.25, 0.3) is 0 Å². The molecule has 202 valence electrons. The van der Waals surface area contributed by atoms with E-state index in [1.807, 2.05) is 6.92 Å². The molecule has 2 unspecified atom stereocenters. The summed E-state index contributed by atoms with van der Waals surface area (Å²) in [6, 6.07) is 0. The Morgan fingerprint density at radius 1 is 0.588 bits per heavy atom. The highest BCUT2D eigenvalue weighted by Gasteiger charge is 2.28. The topological polar surface area (TPSA) is 83.8 Å². The molecule has 0 bridgehead atoms. The first-order valence-corrected chi connectivity index (χ1v) is 14.6. The Hall–Kier alpha value is -0.940. The van der Waals surface area contributed by atoms with Crippen molar-refractivity contribution in [3.63, 3.8) is 0 Å². The molecule has 0 saturated carbocycles. The lowest BCUT2D eigenvalue weighted by Crippen LogP contribution is -2.40. The van der Waals surface area contributed by atoms with Gasteiger partial charge in [0.25, 0.3) is 0 Å². The first kappa shape index (κ1) is 33.1. The second-order valence-electron chi connectivity index (χ2n) is 9.99. The number of ketones is 1. The predicted octanol–water partition coefficient (Wildman–Crippen LogP) is 7.44. The van der Waals surface area contributed by atoms with Crippen LogP contribution in [0.5, 0.6) is 0 Å². The molecule has 2 N–H and O–H groups in total. The summed E-state index contributed by atoms with van der Waals surface area (Å²) in [5.41, 5.74) is 0. The monoisotopic (exact) mass is 484 g/mol. The van der Waals surface area contributed by atoms with E-state index in [1.165, 1.54) is 89.9 Å². The SMILES string of the molecule is CCCCCCCCCCCCCCCCCCCC(=O)OC(CO)C(O)C(=O)CCCCC. The number of Topliss-reactive ketones (excluding diaryl/α,β-unsaturated/α-hetero) is 1. The lowest BCUT2D eigenvalue weighted by molar-refractivity contribution is -0.161. The second-order valence-corrected chi connectivity index (χ2v) is 9.99. The van der Waals surface area contributed by atoms with Crippen LogP contribution in [-0.2, 0) is 14.3 Å². The van der Waals surface area contributed by atoms with Crippen molar-refractivity contribution < 1.29 is 24.5 Å². The maximum atomic E-state index is 12.0. The number of esters is 1. The van der Waals surface area contributed by atoms with Gasteiger partial charge in [-0.05, 0) is 12.8 Å². The molecule has 0 saturated heterocycles. The summed E-state index contributed by atoms with van der Waals surface area (Å²) in [6.07, 6.45) is 22.4. The van der Waals surface area contributed by atoms with Gasteiger partial charge < -0.3 is 14.9 Å². The van der Waals surface area contributed by atoms with Crippen LogP contribution in [0.3, 0.4) is 0 Å². The average molecular weight is 485 g/mol. The quantitative estimate of drug-likeness (QED) is 0.0984. The Morgan fingerprint density at radius 3 is 1.35 bits per heavy atom. The number of rotatable bonds is 26. The summed E-state index contributed by atoms with van der Waals surface area (Å²) < 4.78 is 5.16. The summed E-state index contributed by atoms with van der Waals surface area (Å²) in [5, 5.41) is 19.5. The van der Waals surface area contributed by atoms with Crippen LogP contribution in [0.2, 0.25) is 0 Å². The normalized spacial score (nSPS) is 13.1. The van der Waals surface area contributed by atoms with Crippen LogP contribution in [0.15, 0.2) is 0 Å². The number of unbranched alkanes of at least 4 members (excludes halogenated alkanes) is 18. The summed E-state index contributed by atoms with van der Waals surface area (Å²) >= 11 is 0. The fourth-order valence-electron chi connectivity index (χ4n) is 4.33. The molecule has 0 aliphatic rings. The van der Waals surface area contributed by atoms with Crippen LogP contribution in [0.1, 0.15) is 155 Å². The molecule has 5 heteroatoms. The van der Waals surface area contributed by atoms with E-state index in [9.17, 15) is 19.8 Å². The summed E-state index contributed by atoms with van der Waals surface area (Å²) in [6.45, 7) is 3.77. The Balaban J connectivity index is 3.55. The van der Waals surface area contributed by atoms with E-state index < -0.39 is 24.8 Å². The number of hydrogen-bond acceptors (Lipinski definition) is 5. The van der Waals surface area contributed by atoms with E-state index in [0.29, 0.717) is 6.42 Å².